The highest BCUT2D eigenvalue weighted by atomic mass is 35.5. The van der Waals surface area contributed by atoms with Gasteiger partial charge in [-0.2, -0.15) is 0 Å². The number of hydrogen-bond donors (Lipinski definition) is 1. The molecule has 0 spiro atoms. The van der Waals surface area contributed by atoms with Crippen LogP contribution in [0.2, 0.25) is 5.02 Å². The fourth-order valence-electron chi connectivity index (χ4n) is 2.91. The van der Waals surface area contributed by atoms with Gasteiger partial charge in [0.1, 0.15) is 0 Å². The second-order valence-corrected chi connectivity index (χ2v) is 5.57. The molecule has 1 aromatic rings. The molecule has 0 aromatic heterocycles. The molecule has 2 atom stereocenters. The zero-order chi connectivity index (χ0) is 15.1. The molecule has 108 valence electrons. The second kappa shape index (κ2) is 5.00. The predicted molar refractivity (Wildman–Crippen MR) is 76.3 cm³/mol. The normalized spacial score (nSPS) is 24.3. The number of allylic oxidation sites excluding steroid dienone is 2. The highest BCUT2D eigenvalue weighted by molar-refractivity contribution is 6.31. The van der Waals surface area contributed by atoms with Crippen LogP contribution in [0.4, 0.5) is 5.69 Å². The lowest BCUT2D eigenvalue weighted by Crippen LogP contribution is -2.32. The van der Waals surface area contributed by atoms with E-state index in [1.54, 1.807) is 0 Å². The van der Waals surface area contributed by atoms with E-state index in [0.717, 1.165) is 4.90 Å². The topological polar surface area (TPSA) is 74.7 Å². The minimum absolute atomic E-state index is 0.0938. The van der Waals surface area contributed by atoms with Crippen LogP contribution in [0.1, 0.15) is 23.2 Å². The van der Waals surface area contributed by atoms with Crippen LogP contribution in [0.15, 0.2) is 30.4 Å². The van der Waals surface area contributed by atoms with E-state index in [1.807, 2.05) is 12.2 Å². The maximum atomic E-state index is 12.5. The fourth-order valence-corrected chi connectivity index (χ4v) is 3.08. The van der Waals surface area contributed by atoms with Crippen molar-refractivity contribution in [1.82, 2.24) is 0 Å². The van der Waals surface area contributed by atoms with E-state index < -0.39 is 5.97 Å². The van der Waals surface area contributed by atoms with Gasteiger partial charge in [-0.25, -0.2) is 9.69 Å². The Hall–Kier alpha value is -2.14. The summed E-state index contributed by atoms with van der Waals surface area (Å²) in [7, 11) is 0. The summed E-state index contributed by atoms with van der Waals surface area (Å²) in [5, 5.41) is 9.51. The minimum Gasteiger partial charge on any atom is -0.478 e. The van der Waals surface area contributed by atoms with Crippen LogP contribution < -0.4 is 4.90 Å². The number of hydrogen-bond acceptors (Lipinski definition) is 3. The molecule has 2 amide bonds. The van der Waals surface area contributed by atoms with E-state index in [-0.39, 0.29) is 39.9 Å². The number of aromatic carboxylic acids is 1. The van der Waals surface area contributed by atoms with E-state index in [1.165, 1.54) is 18.2 Å². The Balaban J connectivity index is 2.07. The Morgan fingerprint density at radius 1 is 1.14 bits per heavy atom. The van der Waals surface area contributed by atoms with Gasteiger partial charge in [0, 0.05) is 5.02 Å². The van der Waals surface area contributed by atoms with E-state index in [4.69, 9.17) is 11.6 Å². The fraction of sp³-hybridized carbons (Fsp3) is 0.267. The van der Waals surface area contributed by atoms with Crippen molar-refractivity contribution in [3.05, 3.63) is 40.9 Å². The van der Waals surface area contributed by atoms with Crippen molar-refractivity contribution in [3.8, 4) is 0 Å². The van der Waals surface area contributed by atoms with Crippen molar-refractivity contribution in [2.75, 3.05) is 4.90 Å². The summed E-state index contributed by atoms with van der Waals surface area (Å²) in [5.74, 6) is -2.67. The van der Waals surface area contributed by atoms with Crippen LogP contribution in [0.25, 0.3) is 0 Å². The third kappa shape index (κ3) is 2.14. The van der Waals surface area contributed by atoms with Gasteiger partial charge in [-0.1, -0.05) is 23.8 Å². The third-order valence-corrected chi connectivity index (χ3v) is 4.17. The van der Waals surface area contributed by atoms with Gasteiger partial charge in [0.25, 0.3) is 0 Å². The van der Waals surface area contributed by atoms with Crippen molar-refractivity contribution in [3.63, 3.8) is 0 Å². The van der Waals surface area contributed by atoms with E-state index in [2.05, 4.69) is 0 Å². The molecule has 0 bridgehead atoms. The Kier molecular flexibility index (Phi) is 3.29. The van der Waals surface area contributed by atoms with Gasteiger partial charge in [0.15, 0.2) is 0 Å². The first-order valence-corrected chi connectivity index (χ1v) is 6.94. The molecule has 1 aliphatic heterocycles. The molecule has 5 nitrogen and oxygen atoms in total. The number of carboxylic acids is 1. The number of benzene rings is 1. The Morgan fingerprint density at radius 2 is 1.71 bits per heavy atom. The van der Waals surface area contributed by atoms with Gasteiger partial charge in [0.2, 0.25) is 11.8 Å². The lowest BCUT2D eigenvalue weighted by Gasteiger charge is -2.17. The summed E-state index contributed by atoms with van der Waals surface area (Å²) in [6.45, 7) is 0. The molecule has 1 saturated heterocycles. The summed E-state index contributed by atoms with van der Waals surface area (Å²) >= 11 is 5.80. The molecule has 6 heteroatoms. The number of nitrogens with zero attached hydrogens (tertiary/aromatic N) is 1. The monoisotopic (exact) mass is 305 g/mol. The lowest BCUT2D eigenvalue weighted by atomic mass is 9.85. The number of amides is 2. The number of carboxylic acid groups (broad SMARTS) is 1. The van der Waals surface area contributed by atoms with Crippen LogP contribution in [0.5, 0.6) is 0 Å². The Morgan fingerprint density at radius 3 is 2.24 bits per heavy atom. The van der Waals surface area contributed by atoms with Crippen molar-refractivity contribution in [2.45, 2.75) is 12.8 Å². The van der Waals surface area contributed by atoms with Crippen LogP contribution in [-0.4, -0.2) is 22.9 Å². The number of halogens is 1. The second-order valence-electron chi connectivity index (χ2n) is 5.13. The number of fused-ring (bicyclic) bond motifs is 1. The molecular formula is C15H12ClNO4. The summed E-state index contributed by atoms with van der Waals surface area (Å²) in [6, 6.07) is 4.14. The van der Waals surface area contributed by atoms with Gasteiger partial charge < -0.3 is 5.11 Å². The van der Waals surface area contributed by atoms with Gasteiger partial charge in [-0.05, 0) is 31.0 Å². The predicted octanol–water partition coefficient (Wildman–Crippen LogP) is 2.49. The maximum Gasteiger partial charge on any atom is 0.337 e. The van der Waals surface area contributed by atoms with Crippen molar-refractivity contribution >= 4 is 35.1 Å². The molecule has 1 N–H and O–H groups in total. The quantitative estimate of drug-likeness (QED) is 0.673. The SMILES string of the molecule is O=C(O)c1cc(Cl)ccc1N1C(=O)C2CC=CCC2C1=O. The van der Waals surface area contributed by atoms with E-state index >= 15 is 0 Å². The molecular weight excluding hydrogens is 294 g/mol. The average Bonchev–Trinajstić information content (AvgIpc) is 2.72. The lowest BCUT2D eigenvalue weighted by molar-refractivity contribution is -0.122. The van der Waals surface area contributed by atoms with Gasteiger partial charge >= 0.3 is 5.97 Å². The summed E-state index contributed by atoms with van der Waals surface area (Å²) in [4.78, 5) is 37.3. The first-order chi connectivity index (χ1) is 10.0. The number of rotatable bonds is 2. The van der Waals surface area contributed by atoms with Gasteiger partial charge in [-0.15, -0.1) is 0 Å². The number of carbonyl (C=O) groups excluding carboxylic acids is 2. The summed E-state index contributed by atoms with van der Waals surface area (Å²) < 4.78 is 0. The largest absolute Gasteiger partial charge is 0.478 e. The molecule has 0 radical (unpaired) electrons. The smallest absolute Gasteiger partial charge is 0.337 e. The maximum absolute atomic E-state index is 12.5. The van der Waals surface area contributed by atoms with Crippen molar-refractivity contribution in [1.29, 1.82) is 0 Å². The number of anilines is 1. The zero-order valence-electron chi connectivity index (χ0n) is 11.0. The zero-order valence-corrected chi connectivity index (χ0v) is 11.7. The minimum atomic E-state index is -1.22. The molecule has 1 aromatic carbocycles. The first-order valence-electron chi connectivity index (χ1n) is 6.56. The highest BCUT2D eigenvalue weighted by Crippen LogP contribution is 2.39. The first kappa shape index (κ1) is 13.8. The molecule has 2 aliphatic rings. The average molecular weight is 306 g/mol. The van der Waals surface area contributed by atoms with Crippen LogP contribution in [-0.2, 0) is 9.59 Å². The van der Waals surface area contributed by atoms with E-state index in [9.17, 15) is 19.5 Å². The molecule has 2 unspecified atom stereocenters. The van der Waals surface area contributed by atoms with Crippen LogP contribution in [0, 0.1) is 11.8 Å². The molecule has 1 fully saturated rings. The van der Waals surface area contributed by atoms with Gasteiger partial charge in [0.05, 0.1) is 23.1 Å². The van der Waals surface area contributed by atoms with Crippen molar-refractivity contribution in [2.24, 2.45) is 11.8 Å². The molecule has 21 heavy (non-hydrogen) atoms. The standard InChI is InChI=1S/C15H12ClNO4/c16-8-5-6-12(11(7-8)15(20)21)17-13(18)9-3-1-2-4-10(9)14(17)19/h1-2,5-7,9-10H,3-4H2,(H,20,21). The third-order valence-electron chi connectivity index (χ3n) is 3.94. The summed E-state index contributed by atoms with van der Waals surface area (Å²) in [6.07, 6.45) is 4.80. The van der Waals surface area contributed by atoms with Crippen LogP contribution in [0.3, 0.4) is 0 Å². The molecule has 0 saturated carbocycles. The number of carbonyl (C=O) groups is 3. The molecule has 1 aliphatic carbocycles. The Bertz CT molecular complexity index is 656. The van der Waals surface area contributed by atoms with E-state index in [0.29, 0.717) is 12.8 Å². The van der Waals surface area contributed by atoms with Gasteiger partial charge in [-0.3, -0.25) is 9.59 Å². The van der Waals surface area contributed by atoms with Crippen molar-refractivity contribution < 1.29 is 19.5 Å². The number of imide groups is 1. The van der Waals surface area contributed by atoms with Crippen LogP contribution >= 0.6 is 11.6 Å². The highest BCUT2D eigenvalue weighted by Gasteiger charge is 2.48. The summed E-state index contributed by atoms with van der Waals surface area (Å²) in [5.41, 5.74) is -0.0490. The molecule has 1 heterocycles. The molecule has 3 rings (SSSR count). The Labute approximate surface area is 125 Å².